The van der Waals surface area contributed by atoms with Crippen molar-refractivity contribution in [1.82, 2.24) is 5.16 Å². The second kappa shape index (κ2) is 4.29. The van der Waals surface area contributed by atoms with Crippen LogP contribution < -0.4 is 5.73 Å². The van der Waals surface area contributed by atoms with Crippen molar-refractivity contribution in [2.75, 3.05) is 5.73 Å². The number of benzene rings is 1. The fourth-order valence-corrected chi connectivity index (χ4v) is 2.14. The first-order valence-electron chi connectivity index (χ1n) is 5.14. The molecule has 0 radical (unpaired) electrons. The van der Waals surface area contributed by atoms with Gasteiger partial charge in [-0.2, -0.15) is 0 Å². The van der Waals surface area contributed by atoms with Gasteiger partial charge in [-0.3, -0.25) is 0 Å². The van der Waals surface area contributed by atoms with Crippen LogP contribution in [0.15, 0.2) is 27.2 Å². The number of aryl methyl sites for hydroxylation is 1. The van der Waals surface area contributed by atoms with Gasteiger partial charge in [-0.25, -0.2) is 0 Å². The third kappa shape index (κ3) is 1.73. The van der Waals surface area contributed by atoms with E-state index in [9.17, 15) is 0 Å². The molecule has 1 heterocycles. The molecule has 1 aromatic carbocycles. The predicted molar refractivity (Wildman–Crippen MR) is 68.2 cm³/mol. The van der Waals surface area contributed by atoms with Crippen molar-refractivity contribution in [2.24, 2.45) is 0 Å². The van der Waals surface area contributed by atoms with Crippen LogP contribution in [-0.2, 0) is 6.42 Å². The van der Waals surface area contributed by atoms with E-state index in [1.54, 1.807) is 0 Å². The lowest BCUT2D eigenvalue weighted by atomic mass is 10.0. The highest BCUT2D eigenvalue weighted by molar-refractivity contribution is 9.10. The number of hydrogen-bond acceptors (Lipinski definition) is 3. The molecular weight excluding hydrogens is 268 g/mol. The number of hydrogen-bond donors (Lipinski definition) is 1. The van der Waals surface area contributed by atoms with Crippen molar-refractivity contribution in [3.8, 4) is 11.3 Å². The van der Waals surface area contributed by atoms with Crippen LogP contribution >= 0.6 is 15.9 Å². The van der Waals surface area contributed by atoms with E-state index in [4.69, 9.17) is 10.3 Å². The SMILES string of the molecule is CCc1c(N)noc1-c1cccc(C)c1Br. The Balaban J connectivity index is 2.63. The van der Waals surface area contributed by atoms with Crippen LogP contribution in [0.25, 0.3) is 11.3 Å². The van der Waals surface area contributed by atoms with Crippen LogP contribution in [0, 0.1) is 6.92 Å². The molecule has 1 aromatic heterocycles. The van der Waals surface area contributed by atoms with Crippen molar-refractivity contribution >= 4 is 21.7 Å². The zero-order valence-corrected chi connectivity index (χ0v) is 10.8. The second-order valence-electron chi connectivity index (χ2n) is 3.67. The first kappa shape index (κ1) is 11.2. The van der Waals surface area contributed by atoms with Gasteiger partial charge in [0.2, 0.25) is 0 Å². The lowest BCUT2D eigenvalue weighted by Gasteiger charge is -2.05. The van der Waals surface area contributed by atoms with E-state index in [1.807, 2.05) is 32.0 Å². The topological polar surface area (TPSA) is 52.0 Å². The molecule has 0 atom stereocenters. The van der Waals surface area contributed by atoms with Crippen LogP contribution in [0.2, 0.25) is 0 Å². The number of nitrogens with zero attached hydrogens (tertiary/aromatic N) is 1. The van der Waals surface area contributed by atoms with E-state index in [0.29, 0.717) is 5.82 Å². The maximum atomic E-state index is 5.76. The minimum atomic E-state index is 0.478. The highest BCUT2D eigenvalue weighted by Gasteiger charge is 2.16. The number of rotatable bonds is 2. The Kier molecular flexibility index (Phi) is 3.01. The fraction of sp³-hybridized carbons (Fsp3) is 0.250. The minimum absolute atomic E-state index is 0.478. The first-order chi connectivity index (χ1) is 7.65. The van der Waals surface area contributed by atoms with Gasteiger partial charge in [-0.15, -0.1) is 0 Å². The van der Waals surface area contributed by atoms with Gasteiger partial charge in [-0.05, 0) is 40.9 Å². The maximum absolute atomic E-state index is 5.76. The van der Waals surface area contributed by atoms with Gasteiger partial charge in [0.05, 0.1) is 0 Å². The lowest BCUT2D eigenvalue weighted by molar-refractivity contribution is 0.435. The Hall–Kier alpha value is -1.29. The molecule has 0 spiro atoms. The molecule has 0 saturated heterocycles. The summed E-state index contributed by atoms with van der Waals surface area (Å²) in [6.45, 7) is 4.08. The Labute approximate surface area is 103 Å². The predicted octanol–water partition coefficient (Wildman–Crippen LogP) is 3.56. The molecule has 2 aromatic rings. The lowest BCUT2D eigenvalue weighted by Crippen LogP contribution is -1.91. The Bertz CT molecular complexity index is 520. The van der Waals surface area contributed by atoms with E-state index in [-0.39, 0.29) is 0 Å². The van der Waals surface area contributed by atoms with Crippen LogP contribution in [0.4, 0.5) is 5.82 Å². The monoisotopic (exact) mass is 280 g/mol. The Morgan fingerprint density at radius 2 is 2.19 bits per heavy atom. The molecule has 2 N–H and O–H groups in total. The largest absolute Gasteiger partial charge is 0.381 e. The molecule has 0 unspecified atom stereocenters. The highest BCUT2D eigenvalue weighted by Crippen LogP contribution is 2.34. The van der Waals surface area contributed by atoms with E-state index < -0.39 is 0 Å². The highest BCUT2D eigenvalue weighted by atomic mass is 79.9. The third-order valence-electron chi connectivity index (χ3n) is 2.61. The summed E-state index contributed by atoms with van der Waals surface area (Å²) in [5.74, 6) is 1.24. The van der Waals surface area contributed by atoms with Gasteiger partial charge in [0.15, 0.2) is 11.6 Å². The van der Waals surface area contributed by atoms with Gasteiger partial charge in [0.25, 0.3) is 0 Å². The van der Waals surface area contributed by atoms with Crippen molar-refractivity contribution in [1.29, 1.82) is 0 Å². The number of halogens is 1. The summed E-state index contributed by atoms with van der Waals surface area (Å²) in [7, 11) is 0. The minimum Gasteiger partial charge on any atom is -0.381 e. The molecule has 0 fully saturated rings. The number of nitrogens with two attached hydrogens (primary N) is 1. The first-order valence-corrected chi connectivity index (χ1v) is 5.94. The van der Waals surface area contributed by atoms with Gasteiger partial charge < -0.3 is 10.3 Å². The van der Waals surface area contributed by atoms with Gasteiger partial charge >= 0.3 is 0 Å². The average Bonchev–Trinajstić information content (AvgIpc) is 2.63. The Morgan fingerprint density at radius 1 is 1.44 bits per heavy atom. The zero-order valence-electron chi connectivity index (χ0n) is 9.25. The standard InChI is InChI=1S/C12H13BrN2O/c1-3-8-11(16-15-12(8)14)9-6-4-5-7(2)10(9)13/h4-6H,3H2,1-2H3,(H2,14,15). The molecule has 0 aliphatic heterocycles. The van der Waals surface area contributed by atoms with Crippen LogP contribution in [0.5, 0.6) is 0 Å². The quantitative estimate of drug-likeness (QED) is 0.915. The van der Waals surface area contributed by atoms with E-state index in [2.05, 4.69) is 21.1 Å². The summed E-state index contributed by atoms with van der Waals surface area (Å²) < 4.78 is 6.33. The van der Waals surface area contributed by atoms with Crippen molar-refractivity contribution in [3.63, 3.8) is 0 Å². The molecule has 0 aliphatic carbocycles. The van der Waals surface area contributed by atoms with Crippen LogP contribution in [0.1, 0.15) is 18.1 Å². The Morgan fingerprint density at radius 3 is 2.88 bits per heavy atom. The summed E-state index contributed by atoms with van der Waals surface area (Å²) in [6, 6.07) is 6.03. The van der Waals surface area contributed by atoms with Gasteiger partial charge in [0, 0.05) is 15.6 Å². The fourth-order valence-electron chi connectivity index (χ4n) is 1.70. The van der Waals surface area contributed by atoms with E-state index in [0.717, 1.165) is 33.3 Å². The summed E-state index contributed by atoms with van der Waals surface area (Å²) in [6.07, 6.45) is 0.811. The summed E-state index contributed by atoms with van der Waals surface area (Å²) in [5.41, 5.74) is 8.88. The molecule has 0 aliphatic rings. The molecule has 0 bridgehead atoms. The van der Waals surface area contributed by atoms with Gasteiger partial charge in [0.1, 0.15) is 0 Å². The molecular formula is C12H13BrN2O. The molecule has 3 nitrogen and oxygen atoms in total. The molecule has 2 rings (SSSR count). The van der Waals surface area contributed by atoms with Crippen molar-refractivity contribution < 1.29 is 4.52 Å². The number of aromatic nitrogens is 1. The number of nitrogen functional groups attached to an aromatic ring is 1. The molecule has 0 amide bonds. The molecule has 4 heteroatoms. The smallest absolute Gasteiger partial charge is 0.173 e. The second-order valence-corrected chi connectivity index (χ2v) is 4.46. The average molecular weight is 281 g/mol. The molecule has 84 valence electrons. The molecule has 0 saturated carbocycles. The van der Waals surface area contributed by atoms with Crippen molar-refractivity contribution in [3.05, 3.63) is 33.8 Å². The summed E-state index contributed by atoms with van der Waals surface area (Å²) >= 11 is 3.56. The maximum Gasteiger partial charge on any atom is 0.173 e. The van der Waals surface area contributed by atoms with Gasteiger partial charge in [-0.1, -0.05) is 24.2 Å². The van der Waals surface area contributed by atoms with E-state index in [1.165, 1.54) is 0 Å². The van der Waals surface area contributed by atoms with Crippen molar-refractivity contribution in [2.45, 2.75) is 20.3 Å². The summed E-state index contributed by atoms with van der Waals surface area (Å²) in [5, 5.41) is 3.82. The third-order valence-corrected chi connectivity index (χ3v) is 3.66. The van der Waals surface area contributed by atoms with Crippen LogP contribution in [-0.4, -0.2) is 5.16 Å². The zero-order chi connectivity index (χ0) is 11.7. The molecule has 16 heavy (non-hydrogen) atoms. The normalized spacial score (nSPS) is 10.7. The van der Waals surface area contributed by atoms with E-state index >= 15 is 0 Å². The summed E-state index contributed by atoms with van der Waals surface area (Å²) in [4.78, 5) is 0. The number of anilines is 1. The van der Waals surface area contributed by atoms with Crippen LogP contribution in [0.3, 0.4) is 0 Å².